The summed E-state index contributed by atoms with van der Waals surface area (Å²) in [5.41, 5.74) is 1.98. The van der Waals surface area contributed by atoms with E-state index in [1.165, 1.54) is 0 Å². The van der Waals surface area contributed by atoms with Gasteiger partial charge in [-0.15, -0.1) is 0 Å². The van der Waals surface area contributed by atoms with Crippen LogP contribution < -0.4 is 9.62 Å². The minimum atomic E-state index is -3.47. The molecule has 6 nitrogen and oxygen atoms in total. The van der Waals surface area contributed by atoms with Gasteiger partial charge in [0, 0.05) is 44.8 Å². The van der Waals surface area contributed by atoms with E-state index in [1.807, 2.05) is 42.7 Å². The van der Waals surface area contributed by atoms with Crippen LogP contribution in [-0.4, -0.2) is 38.1 Å². The minimum absolute atomic E-state index is 0.0210. The zero-order chi connectivity index (χ0) is 17.3. The Kier molecular flexibility index (Phi) is 4.64. The Bertz CT molecular complexity index is 794. The van der Waals surface area contributed by atoms with Crippen LogP contribution in [0.4, 0.5) is 5.69 Å². The predicted molar refractivity (Wildman–Crippen MR) is 94.6 cm³/mol. The molecule has 1 N–H and O–H groups in total. The SMILES string of the molecule is Cc1ccc(S(=O)(=O)NC2CC(Cn3ccnc3)C2)cc1N(C)C. The number of aromatic nitrogens is 2. The first-order chi connectivity index (χ1) is 11.3. The minimum Gasteiger partial charge on any atom is -0.377 e. The van der Waals surface area contributed by atoms with Crippen LogP contribution in [0.3, 0.4) is 0 Å². The molecule has 0 aliphatic heterocycles. The zero-order valence-electron chi connectivity index (χ0n) is 14.3. The summed E-state index contributed by atoms with van der Waals surface area (Å²) in [6.07, 6.45) is 7.23. The van der Waals surface area contributed by atoms with E-state index in [4.69, 9.17) is 0 Å². The van der Waals surface area contributed by atoms with Crippen molar-refractivity contribution in [3.8, 4) is 0 Å². The number of anilines is 1. The number of benzene rings is 1. The molecule has 24 heavy (non-hydrogen) atoms. The third kappa shape index (κ3) is 3.62. The summed E-state index contributed by atoms with van der Waals surface area (Å²) in [5.74, 6) is 0.502. The standard InChI is InChI=1S/C17H24N4O2S/c1-13-4-5-16(10-17(13)20(2)3)24(22,23)19-15-8-14(9-15)11-21-7-6-18-12-21/h4-7,10,12,14-15,19H,8-9,11H2,1-3H3. The van der Waals surface area contributed by atoms with Crippen LogP contribution in [0.2, 0.25) is 0 Å². The highest BCUT2D eigenvalue weighted by atomic mass is 32.2. The van der Waals surface area contributed by atoms with Gasteiger partial charge >= 0.3 is 0 Å². The van der Waals surface area contributed by atoms with Crippen LogP contribution in [-0.2, 0) is 16.6 Å². The van der Waals surface area contributed by atoms with Gasteiger partial charge in [0.15, 0.2) is 0 Å². The molecule has 1 aromatic heterocycles. The molecule has 0 saturated heterocycles. The van der Waals surface area contributed by atoms with E-state index in [-0.39, 0.29) is 6.04 Å². The molecule has 1 aliphatic carbocycles. The Morgan fingerprint density at radius 3 is 2.71 bits per heavy atom. The van der Waals surface area contributed by atoms with Crippen molar-refractivity contribution in [2.45, 2.75) is 37.2 Å². The number of nitrogens with one attached hydrogen (secondary N) is 1. The van der Waals surface area contributed by atoms with E-state index in [2.05, 4.69) is 9.71 Å². The monoisotopic (exact) mass is 348 g/mol. The van der Waals surface area contributed by atoms with Crippen LogP contribution in [0.15, 0.2) is 41.8 Å². The lowest BCUT2D eigenvalue weighted by atomic mass is 9.81. The topological polar surface area (TPSA) is 67.2 Å². The van der Waals surface area contributed by atoms with Crippen LogP contribution in [0.25, 0.3) is 0 Å². The molecule has 0 unspecified atom stereocenters. The summed E-state index contributed by atoms with van der Waals surface area (Å²) >= 11 is 0. The van der Waals surface area contributed by atoms with Gasteiger partial charge < -0.3 is 9.47 Å². The number of imidazole rings is 1. The van der Waals surface area contributed by atoms with Gasteiger partial charge in [0.05, 0.1) is 11.2 Å². The summed E-state index contributed by atoms with van der Waals surface area (Å²) < 4.78 is 30.1. The van der Waals surface area contributed by atoms with Crippen molar-refractivity contribution >= 4 is 15.7 Å². The number of aryl methyl sites for hydroxylation is 1. The number of rotatable bonds is 6. The summed E-state index contributed by atoms with van der Waals surface area (Å²) in [7, 11) is 0.357. The Morgan fingerprint density at radius 2 is 2.08 bits per heavy atom. The fraction of sp³-hybridized carbons (Fsp3) is 0.471. The fourth-order valence-corrected chi connectivity index (χ4v) is 4.48. The summed E-state index contributed by atoms with van der Waals surface area (Å²) in [6, 6.07) is 5.28. The molecule has 1 heterocycles. The van der Waals surface area contributed by atoms with Crippen LogP contribution >= 0.6 is 0 Å². The maximum absolute atomic E-state index is 12.6. The molecule has 0 spiro atoms. The Hall–Kier alpha value is -1.86. The van der Waals surface area contributed by atoms with Gasteiger partial charge in [-0.3, -0.25) is 0 Å². The van der Waals surface area contributed by atoms with Crippen molar-refractivity contribution in [1.82, 2.24) is 14.3 Å². The number of nitrogens with zero attached hydrogens (tertiary/aromatic N) is 3. The molecule has 7 heteroatoms. The van der Waals surface area contributed by atoms with E-state index in [1.54, 1.807) is 24.7 Å². The Balaban J connectivity index is 1.62. The largest absolute Gasteiger partial charge is 0.377 e. The van der Waals surface area contributed by atoms with Gasteiger partial charge in [0.1, 0.15) is 0 Å². The van der Waals surface area contributed by atoms with Gasteiger partial charge in [-0.1, -0.05) is 6.07 Å². The highest BCUT2D eigenvalue weighted by molar-refractivity contribution is 7.89. The molecule has 0 bridgehead atoms. The first kappa shape index (κ1) is 17.0. The lowest BCUT2D eigenvalue weighted by Crippen LogP contribution is -2.45. The van der Waals surface area contributed by atoms with Crippen molar-refractivity contribution in [1.29, 1.82) is 0 Å². The molecular weight excluding hydrogens is 324 g/mol. The maximum Gasteiger partial charge on any atom is 0.240 e. The molecule has 2 aromatic rings. The van der Waals surface area contributed by atoms with E-state index in [0.717, 1.165) is 30.6 Å². The van der Waals surface area contributed by atoms with Crippen molar-refractivity contribution in [3.05, 3.63) is 42.5 Å². The second kappa shape index (κ2) is 6.57. The van der Waals surface area contributed by atoms with Crippen LogP contribution in [0.1, 0.15) is 18.4 Å². The second-order valence-corrected chi connectivity index (χ2v) is 8.47. The number of hydrogen-bond donors (Lipinski definition) is 1. The molecule has 130 valence electrons. The van der Waals surface area contributed by atoms with E-state index in [9.17, 15) is 8.42 Å². The summed E-state index contributed by atoms with van der Waals surface area (Å²) in [6.45, 7) is 2.87. The maximum atomic E-state index is 12.6. The first-order valence-electron chi connectivity index (χ1n) is 8.11. The molecule has 1 aliphatic rings. The van der Waals surface area contributed by atoms with Gasteiger partial charge in [-0.2, -0.15) is 0 Å². The molecule has 0 amide bonds. The van der Waals surface area contributed by atoms with Gasteiger partial charge in [-0.05, 0) is 43.4 Å². The third-order valence-corrected chi connectivity index (χ3v) is 6.08. The zero-order valence-corrected chi connectivity index (χ0v) is 15.1. The molecular formula is C17H24N4O2S. The number of hydrogen-bond acceptors (Lipinski definition) is 4. The Labute approximate surface area is 143 Å². The highest BCUT2D eigenvalue weighted by Crippen LogP contribution is 2.30. The molecule has 1 fully saturated rings. The summed E-state index contributed by atoms with van der Waals surface area (Å²) in [5, 5.41) is 0. The average Bonchev–Trinajstić information content (AvgIpc) is 2.97. The molecule has 3 rings (SSSR count). The molecule has 0 radical (unpaired) electrons. The van der Waals surface area contributed by atoms with Gasteiger partial charge in [0.2, 0.25) is 10.0 Å². The van der Waals surface area contributed by atoms with Gasteiger partial charge in [-0.25, -0.2) is 18.1 Å². The van der Waals surface area contributed by atoms with Crippen molar-refractivity contribution < 1.29 is 8.42 Å². The van der Waals surface area contributed by atoms with Crippen LogP contribution in [0, 0.1) is 12.8 Å². The van der Waals surface area contributed by atoms with Gasteiger partial charge in [0.25, 0.3) is 0 Å². The van der Waals surface area contributed by atoms with E-state index in [0.29, 0.717) is 10.8 Å². The average molecular weight is 348 g/mol. The lowest BCUT2D eigenvalue weighted by molar-refractivity contribution is 0.220. The van der Waals surface area contributed by atoms with Crippen molar-refractivity contribution in [2.24, 2.45) is 5.92 Å². The van der Waals surface area contributed by atoms with Crippen molar-refractivity contribution in [2.75, 3.05) is 19.0 Å². The highest BCUT2D eigenvalue weighted by Gasteiger charge is 2.32. The smallest absolute Gasteiger partial charge is 0.240 e. The normalized spacial score (nSPS) is 20.6. The van der Waals surface area contributed by atoms with Crippen molar-refractivity contribution in [3.63, 3.8) is 0 Å². The number of sulfonamides is 1. The molecule has 1 aromatic carbocycles. The molecule has 0 atom stereocenters. The quantitative estimate of drug-likeness (QED) is 0.867. The Morgan fingerprint density at radius 1 is 1.33 bits per heavy atom. The predicted octanol–water partition coefficient (Wildman–Crippen LogP) is 2.01. The molecule has 1 saturated carbocycles. The fourth-order valence-electron chi connectivity index (χ4n) is 3.20. The lowest BCUT2D eigenvalue weighted by Gasteiger charge is -2.35. The third-order valence-electron chi connectivity index (χ3n) is 4.56. The van der Waals surface area contributed by atoms with E-state index >= 15 is 0 Å². The first-order valence-corrected chi connectivity index (χ1v) is 9.59. The second-order valence-electron chi connectivity index (χ2n) is 6.76. The van der Waals surface area contributed by atoms with Crippen LogP contribution in [0.5, 0.6) is 0 Å². The summed E-state index contributed by atoms with van der Waals surface area (Å²) in [4.78, 5) is 6.29. The van der Waals surface area contributed by atoms with E-state index < -0.39 is 10.0 Å².